The number of fused-ring (bicyclic) bond motifs is 1. The summed E-state index contributed by atoms with van der Waals surface area (Å²) < 4.78 is 0. The van der Waals surface area contributed by atoms with Gasteiger partial charge in [0.05, 0.1) is 0 Å². The monoisotopic (exact) mass is 272 g/mol. The van der Waals surface area contributed by atoms with Gasteiger partial charge in [0, 0.05) is 30.9 Å². The molecule has 0 aromatic heterocycles. The summed E-state index contributed by atoms with van der Waals surface area (Å²) >= 11 is 0. The zero-order valence-electron chi connectivity index (χ0n) is 13.0. The molecule has 0 amide bonds. The van der Waals surface area contributed by atoms with Crippen molar-refractivity contribution in [3.05, 3.63) is 29.8 Å². The van der Waals surface area contributed by atoms with Crippen LogP contribution in [-0.2, 0) is 6.42 Å². The molecule has 2 atom stereocenters. The molecule has 0 bridgehead atoms. The van der Waals surface area contributed by atoms with Crippen molar-refractivity contribution in [2.45, 2.75) is 58.0 Å². The highest BCUT2D eigenvalue weighted by Gasteiger charge is 2.34. The van der Waals surface area contributed by atoms with Crippen LogP contribution in [0.15, 0.2) is 24.3 Å². The molecule has 0 aliphatic carbocycles. The Morgan fingerprint density at radius 2 is 1.85 bits per heavy atom. The van der Waals surface area contributed by atoms with E-state index in [1.165, 1.54) is 56.6 Å². The van der Waals surface area contributed by atoms with Crippen molar-refractivity contribution in [3.8, 4) is 0 Å². The molecule has 2 heterocycles. The first-order valence-corrected chi connectivity index (χ1v) is 8.41. The van der Waals surface area contributed by atoms with Gasteiger partial charge in [-0.15, -0.1) is 0 Å². The van der Waals surface area contributed by atoms with Crippen molar-refractivity contribution >= 4 is 5.69 Å². The van der Waals surface area contributed by atoms with Crippen LogP contribution in [0.1, 0.15) is 45.1 Å². The number of aryl methyl sites for hydroxylation is 1. The Hall–Kier alpha value is -1.02. The minimum absolute atomic E-state index is 0.692. The van der Waals surface area contributed by atoms with E-state index in [0.29, 0.717) is 6.04 Å². The van der Waals surface area contributed by atoms with Gasteiger partial charge in [-0.05, 0) is 49.9 Å². The van der Waals surface area contributed by atoms with E-state index in [1.54, 1.807) is 0 Å². The highest BCUT2D eigenvalue weighted by atomic mass is 15.3. The molecule has 2 saturated heterocycles. The average Bonchev–Trinajstić information content (AvgIpc) is 2.53. The van der Waals surface area contributed by atoms with E-state index in [1.807, 2.05) is 0 Å². The van der Waals surface area contributed by atoms with Crippen LogP contribution in [0, 0.1) is 0 Å². The number of piperazine rings is 1. The summed E-state index contributed by atoms with van der Waals surface area (Å²) in [5, 5.41) is 0. The first kappa shape index (κ1) is 13.9. The molecule has 0 saturated carbocycles. The molecule has 0 radical (unpaired) electrons. The van der Waals surface area contributed by atoms with Crippen molar-refractivity contribution in [2.24, 2.45) is 0 Å². The lowest BCUT2D eigenvalue weighted by atomic mass is 9.95. The van der Waals surface area contributed by atoms with E-state index in [2.05, 4.69) is 47.9 Å². The summed E-state index contributed by atoms with van der Waals surface area (Å²) in [6, 6.07) is 10.7. The van der Waals surface area contributed by atoms with Gasteiger partial charge in [0.15, 0.2) is 0 Å². The zero-order chi connectivity index (χ0) is 13.9. The molecule has 2 fully saturated rings. The van der Waals surface area contributed by atoms with Crippen LogP contribution >= 0.6 is 0 Å². The number of rotatable bonds is 3. The second kappa shape index (κ2) is 6.17. The third-order valence-corrected chi connectivity index (χ3v) is 5.19. The Balaban J connectivity index is 1.78. The van der Waals surface area contributed by atoms with Gasteiger partial charge < -0.3 is 4.90 Å². The molecule has 20 heavy (non-hydrogen) atoms. The van der Waals surface area contributed by atoms with Crippen LogP contribution in [-0.4, -0.2) is 36.6 Å². The number of hydrogen-bond donors (Lipinski definition) is 0. The van der Waals surface area contributed by atoms with Gasteiger partial charge in [-0.2, -0.15) is 0 Å². The van der Waals surface area contributed by atoms with Crippen molar-refractivity contribution < 1.29 is 0 Å². The molecular formula is C18H28N2. The summed E-state index contributed by atoms with van der Waals surface area (Å²) in [4.78, 5) is 5.42. The van der Waals surface area contributed by atoms with E-state index in [-0.39, 0.29) is 0 Å². The molecule has 0 spiro atoms. The molecule has 2 nitrogen and oxygen atoms in total. The van der Waals surface area contributed by atoms with Crippen LogP contribution in [0.3, 0.4) is 0 Å². The molecule has 2 heteroatoms. The smallest absolute Gasteiger partial charge is 0.0415 e. The predicted molar refractivity (Wildman–Crippen MR) is 86.5 cm³/mol. The fraction of sp³-hybridized carbons (Fsp3) is 0.667. The highest BCUT2D eigenvalue weighted by molar-refractivity contribution is 5.49. The first-order chi connectivity index (χ1) is 9.81. The second-order valence-electron chi connectivity index (χ2n) is 6.38. The fourth-order valence-electron chi connectivity index (χ4n) is 3.84. The number of nitrogens with zero attached hydrogens (tertiary/aromatic N) is 2. The van der Waals surface area contributed by atoms with Crippen LogP contribution in [0.5, 0.6) is 0 Å². The Morgan fingerprint density at radius 3 is 2.55 bits per heavy atom. The lowest BCUT2D eigenvalue weighted by Crippen LogP contribution is -2.59. The Kier molecular flexibility index (Phi) is 4.30. The van der Waals surface area contributed by atoms with Gasteiger partial charge in [0.1, 0.15) is 0 Å². The summed E-state index contributed by atoms with van der Waals surface area (Å²) in [7, 11) is 0. The highest BCUT2D eigenvalue weighted by Crippen LogP contribution is 2.29. The van der Waals surface area contributed by atoms with Crippen LogP contribution in [0.4, 0.5) is 5.69 Å². The normalized spacial score (nSPS) is 27.4. The third-order valence-electron chi connectivity index (χ3n) is 5.19. The Bertz CT molecular complexity index is 426. The van der Waals surface area contributed by atoms with E-state index >= 15 is 0 Å². The summed E-state index contributed by atoms with van der Waals surface area (Å²) in [6.07, 6.45) is 6.59. The standard InChI is InChI=1S/C18H28N2/c1-3-15-8-10-17(11-9-15)20-14-18-7-5-6-12-19(18)13-16(20)4-2/h8-11,16,18H,3-7,12-14H2,1-2H3. The van der Waals surface area contributed by atoms with Gasteiger partial charge in [-0.1, -0.05) is 32.4 Å². The van der Waals surface area contributed by atoms with Gasteiger partial charge in [0.2, 0.25) is 0 Å². The molecular weight excluding hydrogens is 244 g/mol. The van der Waals surface area contributed by atoms with Gasteiger partial charge >= 0.3 is 0 Å². The van der Waals surface area contributed by atoms with Crippen LogP contribution in [0.2, 0.25) is 0 Å². The van der Waals surface area contributed by atoms with Crippen molar-refractivity contribution in [1.82, 2.24) is 4.90 Å². The minimum atomic E-state index is 0.692. The molecule has 2 aliphatic heterocycles. The van der Waals surface area contributed by atoms with Crippen molar-refractivity contribution in [1.29, 1.82) is 0 Å². The van der Waals surface area contributed by atoms with Crippen LogP contribution in [0.25, 0.3) is 0 Å². The fourth-order valence-corrected chi connectivity index (χ4v) is 3.84. The predicted octanol–water partition coefficient (Wildman–Crippen LogP) is 3.70. The molecule has 110 valence electrons. The maximum Gasteiger partial charge on any atom is 0.0415 e. The minimum Gasteiger partial charge on any atom is -0.366 e. The van der Waals surface area contributed by atoms with Gasteiger partial charge in [0.25, 0.3) is 0 Å². The number of hydrogen-bond acceptors (Lipinski definition) is 2. The lowest BCUT2D eigenvalue weighted by molar-refractivity contribution is 0.111. The lowest BCUT2D eigenvalue weighted by Gasteiger charge is -2.49. The quantitative estimate of drug-likeness (QED) is 0.828. The molecule has 0 N–H and O–H groups in total. The van der Waals surface area contributed by atoms with E-state index in [0.717, 1.165) is 12.5 Å². The topological polar surface area (TPSA) is 6.48 Å². The van der Waals surface area contributed by atoms with Crippen molar-refractivity contribution in [3.63, 3.8) is 0 Å². The van der Waals surface area contributed by atoms with Gasteiger partial charge in [-0.3, -0.25) is 4.90 Å². The average molecular weight is 272 g/mol. The molecule has 1 aromatic carbocycles. The van der Waals surface area contributed by atoms with E-state index in [4.69, 9.17) is 0 Å². The molecule has 1 aromatic rings. The van der Waals surface area contributed by atoms with E-state index < -0.39 is 0 Å². The van der Waals surface area contributed by atoms with Crippen molar-refractivity contribution in [2.75, 3.05) is 24.5 Å². The molecule has 2 unspecified atom stereocenters. The largest absolute Gasteiger partial charge is 0.366 e. The van der Waals surface area contributed by atoms with Crippen LogP contribution < -0.4 is 4.90 Å². The Morgan fingerprint density at radius 1 is 1.05 bits per heavy atom. The Labute approximate surface area is 123 Å². The number of anilines is 1. The molecule has 3 rings (SSSR count). The SMILES string of the molecule is CCc1ccc(N2CC3CCCCN3CC2CC)cc1. The number of benzene rings is 1. The maximum atomic E-state index is 2.74. The van der Waals surface area contributed by atoms with Gasteiger partial charge in [-0.25, -0.2) is 0 Å². The second-order valence-corrected chi connectivity index (χ2v) is 6.38. The summed E-state index contributed by atoms with van der Waals surface area (Å²) in [5.41, 5.74) is 2.87. The van der Waals surface area contributed by atoms with E-state index in [9.17, 15) is 0 Å². The molecule has 2 aliphatic rings. The maximum absolute atomic E-state index is 2.74. The number of piperidine rings is 1. The third kappa shape index (κ3) is 2.71. The summed E-state index contributed by atoms with van der Waals surface area (Å²) in [6.45, 7) is 8.37. The zero-order valence-corrected chi connectivity index (χ0v) is 13.0. The summed E-state index contributed by atoms with van der Waals surface area (Å²) in [5.74, 6) is 0. The first-order valence-electron chi connectivity index (χ1n) is 8.41.